The van der Waals surface area contributed by atoms with Crippen molar-refractivity contribution in [3.63, 3.8) is 0 Å². The van der Waals surface area contributed by atoms with Crippen molar-refractivity contribution >= 4 is 17.9 Å². The minimum absolute atomic E-state index is 0.318. The molecule has 20 heavy (non-hydrogen) atoms. The lowest BCUT2D eigenvalue weighted by Gasteiger charge is -2.33. The first-order chi connectivity index (χ1) is 9.52. The number of ether oxygens (including phenoxy) is 1. The summed E-state index contributed by atoms with van der Waals surface area (Å²) in [7, 11) is 3.64. The topological polar surface area (TPSA) is 67.6 Å². The van der Waals surface area contributed by atoms with Gasteiger partial charge in [-0.3, -0.25) is 4.68 Å². The van der Waals surface area contributed by atoms with Gasteiger partial charge in [-0.25, -0.2) is 4.79 Å². The fourth-order valence-corrected chi connectivity index (χ4v) is 2.69. The van der Waals surface area contributed by atoms with E-state index in [1.807, 2.05) is 18.7 Å². The molecule has 2 rings (SSSR count). The molecule has 0 bridgehead atoms. The van der Waals surface area contributed by atoms with Gasteiger partial charge in [-0.05, 0) is 25.8 Å². The highest BCUT2D eigenvalue weighted by molar-refractivity contribution is 5.87. The molecule has 6 nitrogen and oxygen atoms in total. The van der Waals surface area contributed by atoms with Gasteiger partial charge in [0.05, 0.1) is 11.8 Å². The third-order valence-corrected chi connectivity index (χ3v) is 3.70. The van der Waals surface area contributed by atoms with E-state index in [0.29, 0.717) is 6.10 Å². The molecule has 0 spiro atoms. The summed E-state index contributed by atoms with van der Waals surface area (Å²) in [6, 6.07) is 0. The van der Waals surface area contributed by atoms with Crippen LogP contribution in [0.2, 0.25) is 0 Å². The van der Waals surface area contributed by atoms with Gasteiger partial charge in [-0.1, -0.05) is 0 Å². The van der Waals surface area contributed by atoms with E-state index in [9.17, 15) is 4.79 Å². The molecule has 1 aliphatic rings. The molecule has 1 aliphatic heterocycles. The Labute approximate surface area is 118 Å². The number of anilines is 1. The van der Waals surface area contributed by atoms with Crippen molar-refractivity contribution in [1.82, 2.24) is 9.78 Å². The lowest BCUT2D eigenvalue weighted by atomic mass is 10.1. The van der Waals surface area contributed by atoms with E-state index in [1.165, 1.54) is 0 Å². The molecule has 1 aromatic heterocycles. The van der Waals surface area contributed by atoms with E-state index in [4.69, 9.17) is 9.84 Å². The number of carboxylic acid groups (broad SMARTS) is 1. The van der Waals surface area contributed by atoms with E-state index in [1.54, 1.807) is 13.2 Å². The molecule has 1 saturated heterocycles. The van der Waals surface area contributed by atoms with Gasteiger partial charge >= 0.3 is 5.97 Å². The Hall–Kier alpha value is -1.82. The van der Waals surface area contributed by atoms with Gasteiger partial charge in [0.1, 0.15) is 5.82 Å². The molecular weight excluding hydrogens is 258 g/mol. The van der Waals surface area contributed by atoms with Crippen LogP contribution in [0.1, 0.15) is 24.1 Å². The number of carboxylic acids is 1. The number of carbonyl (C=O) groups is 1. The SMILES string of the molecule is COC1CCN(c2c(/C=C/C(=O)O)c(C)nn2C)CC1. The highest BCUT2D eigenvalue weighted by Gasteiger charge is 2.23. The van der Waals surface area contributed by atoms with Crippen LogP contribution in [0, 0.1) is 6.92 Å². The van der Waals surface area contributed by atoms with Crippen LogP contribution in [0.15, 0.2) is 6.08 Å². The number of methoxy groups -OCH3 is 1. The molecular formula is C14H21N3O3. The molecule has 110 valence electrons. The quantitative estimate of drug-likeness (QED) is 0.845. The molecule has 0 amide bonds. The molecule has 0 aromatic carbocycles. The monoisotopic (exact) mass is 279 g/mol. The van der Waals surface area contributed by atoms with Crippen LogP contribution in [0.25, 0.3) is 6.08 Å². The fraction of sp³-hybridized carbons (Fsp3) is 0.571. The van der Waals surface area contributed by atoms with Crippen molar-refractivity contribution in [2.24, 2.45) is 7.05 Å². The molecule has 0 saturated carbocycles. The van der Waals surface area contributed by atoms with Crippen LogP contribution in [0.3, 0.4) is 0 Å². The number of rotatable bonds is 4. The molecule has 6 heteroatoms. The Morgan fingerprint density at radius 1 is 1.45 bits per heavy atom. The molecule has 0 unspecified atom stereocenters. The number of aliphatic carboxylic acids is 1. The van der Waals surface area contributed by atoms with Crippen LogP contribution in [-0.2, 0) is 16.6 Å². The fourth-order valence-electron chi connectivity index (χ4n) is 2.69. The van der Waals surface area contributed by atoms with Gasteiger partial charge in [0, 0.05) is 38.9 Å². The van der Waals surface area contributed by atoms with Gasteiger partial charge in [-0.2, -0.15) is 5.10 Å². The van der Waals surface area contributed by atoms with Crippen molar-refractivity contribution in [3.05, 3.63) is 17.3 Å². The van der Waals surface area contributed by atoms with Gasteiger partial charge in [0.15, 0.2) is 0 Å². The Morgan fingerprint density at radius 2 is 2.10 bits per heavy atom. The molecule has 1 fully saturated rings. The summed E-state index contributed by atoms with van der Waals surface area (Å²) in [5.41, 5.74) is 1.72. The number of aryl methyl sites for hydroxylation is 2. The van der Waals surface area contributed by atoms with Crippen LogP contribution in [-0.4, -0.2) is 47.2 Å². The smallest absolute Gasteiger partial charge is 0.328 e. The highest BCUT2D eigenvalue weighted by atomic mass is 16.5. The number of nitrogens with zero attached hydrogens (tertiary/aromatic N) is 3. The maximum absolute atomic E-state index is 10.7. The lowest BCUT2D eigenvalue weighted by molar-refractivity contribution is -0.131. The lowest BCUT2D eigenvalue weighted by Crippen LogP contribution is -2.38. The van der Waals surface area contributed by atoms with Gasteiger partial charge < -0.3 is 14.7 Å². The Bertz CT molecular complexity index is 514. The summed E-state index contributed by atoms with van der Waals surface area (Å²) in [5.74, 6) is 0.0341. The van der Waals surface area contributed by atoms with E-state index in [2.05, 4.69) is 10.00 Å². The van der Waals surface area contributed by atoms with Crippen LogP contribution in [0.4, 0.5) is 5.82 Å². The second-order valence-corrected chi connectivity index (χ2v) is 5.04. The zero-order valence-electron chi connectivity index (χ0n) is 12.2. The van der Waals surface area contributed by atoms with Crippen LogP contribution < -0.4 is 4.90 Å². The molecule has 0 atom stereocenters. The van der Waals surface area contributed by atoms with Crippen molar-refractivity contribution in [1.29, 1.82) is 0 Å². The zero-order chi connectivity index (χ0) is 14.7. The Balaban J connectivity index is 2.25. The highest BCUT2D eigenvalue weighted by Crippen LogP contribution is 2.27. The summed E-state index contributed by atoms with van der Waals surface area (Å²) in [6.07, 6.45) is 5.06. The van der Waals surface area contributed by atoms with Gasteiger partial charge in [0.2, 0.25) is 0 Å². The molecule has 2 heterocycles. The standard InChI is InChI=1S/C14H21N3O3/c1-10-12(4-5-13(18)19)14(16(2)15-10)17-8-6-11(20-3)7-9-17/h4-5,11H,6-9H2,1-3H3,(H,18,19)/b5-4+. The first kappa shape index (κ1) is 14.6. The van der Waals surface area contributed by atoms with Crippen LogP contribution >= 0.6 is 0 Å². The third-order valence-electron chi connectivity index (χ3n) is 3.70. The predicted molar refractivity (Wildman–Crippen MR) is 76.9 cm³/mol. The summed E-state index contributed by atoms with van der Waals surface area (Å²) in [5, 5.41) is 13.2. The molecule has 1 aromatic rings. The predicted octanol–water partition coefficient (Wildman–Crippen LogP) is 1.44. The summed E-state index contributed by atoms with van der Waals surface area (Å²) < 4.78 is 7.20. The first-order valence-corrected chi connectivity index (χ1v) is 6.75. The third kappa shape index (κ3) is 3.01. The maximum atomic E-state index is 10.7. The van der Waals surface area contributed by atoms with Crippen molar-refractivity contribution < 1.29 is 14.6 Å². The largest absolute Gasteiger partial charge is 0.478 e. The first-order valence-electron chi connectivity index (χ1n) is 6.75. The molecule has 0 radical (unpaired) electrons. The van der Waals surface area contributed by atoms with Gasteiger partial charge in [-0.15, -0.1) is 0 Å². The minimum atomic E-state index is -0.947. The van der Waals surface area contributed by atoms with E-state index < -0.39 is 5.97 Å². The second-order valence-electron chi connectivity index (χ2n) is 5.04. The average Bonchev–Trinajstić information content (AvgIpc) is 2.70. The minimum Gasteiger partial charge on any atom is -0.478 e. The summed E-state index contributed by atoms with van der Waals surface area (Å²) >= 11 is 0. The van der Waals surface area contributed by atoms with Crippen LogP contribution in [0.5, 0.6) is 0 Å². The number of piperidine rings is 1. The van der Waals surface area contributed by atoms with Crippen molar-refractivity contribution in [3.8, 4) is 0 Å². The molecule has 1 N–H and O–H groups in total. The Kier molecular flexibility index (Phi) is 4.44. The number of hydrogen-bond donors (Lipinski definition) is 1. The second kappa shape index (κ2) is 6.09. The average molecular weight is 279 g/mol. The summed E-state index contributed by atoms with van der Waals surface area (Å²) in [4.78, 5) is 13.0. The van der Waals surface area contributed by atoms with Gasteiger partial charge in [0.25, 0.3) is 0 Å². The Morgan fingerprint density at radius 3 is 2.65 bits per heavy atom. The van der Waals surface area contributed by atoms with Crippen molar-refractivity contribution in [2.75, 3.05) is 25.1 Å². The van der Waals surface area contributed by atoms with E-state index >= 15 is 0 Å². The van der Waals surface area contributed by atoms with E-state index in [0.717, 1.165) is 49.1 Å². The maximum Gasteiger partial charge on any atom is 0.328 e. The number of hydrogen-bond acceptors (Lipinski definition) is 4. The van der Waals surface area contributed by atoms with E-state index in [-0.39, 0.29) is 0 Å². The summed E-state index contributed by atoms with van der Waals surface area (Å²) in [6.45, 7) is 3.68. The van der Waals surface area contributed by atoms with Crippen molar-refractivity contribution in [2.45, 2.75) is 25.9 Å². The zero-order valence-corrected chi connectivity index (χ0v) is 12.2. The number of aromatic nitrogens is 2. The normalized spacial score (nSPS) is 17.1. The molecule has 0 aliphatic carbocycles.